The molecule has 154 valence electrons. The molecule has 1 atom stereocenters. The van der Waals surface area contributed by atoms with Gasteiger partial charge < -0.3 is 9.88 Å². The Morgan fingerprint density at radius 2 is 2.00 bits per heavy atom. The Balaban J connectivity index is 1.48. The third kappa shape index (κ3) is 3.36. The second-order valence-electron chi connectivity index (χ2n) is 7.17. The number of alkyl halides is 3. The molecule has 1 aliphatic heterocycles. The van der Waals surface area contributed by atoms with Crippen molar-refractivity contribution in [1.82, 2.24) is 34.3 Å². The van der Waals surface area contributed by atoms with Crippen LogP contribution in [-0.4, -0.2) is 47.4 Å². The largest absolute Gasteiger partial charge is 0.434 e. The first kappa shape index (κ1) is 18.5. The SMILES string of the molecule is FC(F)(F)c1cn2c(-c3nccc(N4CCC[C@H](c5cnc[nH]5)C4)n3)cnc2cn1. The van der Waals surface area contributed by atoms with Gasteiger partial charge in [0.05, 0.1) is 18.7 Å². The molecule has 1 N–H and O–H groups in total. The minimum absolute atomic E-state index is 0.296. The highest BCUT2D eigenvalue weighted by molar-refractivity contribution is 5.58. The third-order valence-electron chi connectivity index (χ3n) is 5.26. The first-order valence-corrected chi connectivity index (χ1v) is 9.46. The van der Waals surface area contributed by atoms with Crippen LogP contribution in [0.3, 0.4) is 0 Å². The summed E-state index contributed by atoms with van der Waals surface area (Å²) in [5.74, 6) is 1.35. The standard InChI is InChI=1S/C19H17F3N8/c20-19(21,22)15-10-30-14(7-26-17(30)8-25-15)18-24-4-3-16(28-18)29-5-1-2-12(9-29)13-6-23-11-27-13/h3-4,6-8,10-12H,1-2,5,9H2,(H,23,27)/t12-/m0/s1. The van der Waals surface area contributed by atoms with Crippen molar-refractivity contribution in [2.75, 3.05) is 18.0 Å². The van der Waals surface area contributed by atoms with Crippen LogP contribution in [0.2, 0.25) is 0 Å². The van der Waals surface area contributed by atoms with E-state index in [1.807, 2.05) is 12.3 Å². The average Bonchev–Trinajstić information content (AvgIpc) is 3.43. The maximum absolute atomic E-state index is 13.1. The van der Waals surface area contributed by atoms with Gasteiger partial charge in [-0.25, -0.2) is 24.9 Å². The number of rotatable bonds is 3. The first-order chi connectivity index (χ1) is 14.5. The molecule has 8 nitrogen and oxygen atoms in total. The Morgan fingerprint density at radius 1 is 1.10 bits per heavy atom. The number of fused-ring (bicyclic) bond motifs is 1. The number of anilines is 1. The zero-order chi connectivity index (χ0) is 20.7. The van der Waals surface area contributed by atoms with Gasteiger partial charge >= 0.3 is 6.18 Å². The summed E-state index contributed by atoms with van der Waals surface area (Å²) in [7, 11) is 0. The number of halogens is 3. The van der Waals surface area contributed by atoms with E-state index < -0.39 is 11.9 Å². The lowest BCUT2D eigenvalue weighted by Gasteiger charge is -2.33. The number of aromatic nitrogens is 7. The van der Waals surface area contributed by atoms with Crippen molar-refractivity contribution >= 4 is 11.5 Å². The summed E-state index contributed by atoms with van der Waals surface area (Å²) in [6.07, 6.45) is 6.10. The van der Waals surface area contributed by atoms with Crippen LogP contribution in [0.4, 0.5) is 19.0 Å². The van der Waals surface area contributed by atoms with Crippen molar-refractivity contribution in [3.8, 4) is 11.5 Å². The number of H-pyrrole nitrogens is 1. The molecule has 0 bridgehead atoms. The van der Waals surface area contributed by atoms with Crippen LogP contribution in [0.15, 0.2) is 43.4 Å². The molecule has 4 aromatic heterocycles. The summed E-state index contributed by atoms with van der Waals surface area (Å²) in [6.45, 7) is 1.62. The maximum atomic E-state index is 13.1. The Bertz CT molecular complexity index is 1170. The van der Waals surface area contributed by atoms with E-state index in [1.54, 1.807) is 12.5 Å². The lowest BCUT2D eigenvalue weighted by molar-refractivity contribution is -0.141. The molecule has 1 aliphatic rings. The lowest BCUT2D eigenvalue weighted by Crippen LogP contribution is -2.35. The first-order valence-electron chi connectivity index (χ1n) is 9.46. The summed E-state index contributed by atoms with van der Waals surface area (Å²) >= 11 is 0. The summed E-state index contributed by atoms with van der Waals surface area (Å²) in [4.78, 5) is 25.9. The van der Waals surface area contributed by atoms with Crippen LogP contribution in [0.25, 0.3) is 17.2 Å². The predicted octanol–water partition coefficient (Wildman–Crippen LogP) is 3.31. The third-order valence-corrected chi connectivity index (χ3v) is 5.26. The molecule has 0 amide bonds. The summed E-state index contributed by atoms with van der Waals surface area (Å²) < 4.78 is 40.5. The molecular weight excluding hydrogens is 397 g/mol. The van der Waals surface area contributed by atoms with Crippen molar-refractivity contribution in [2.45, 2.75) is 24.9 Å². The van der Waals surface area contributed by atoms with Gasteiger partial charge in [0.2, 0.25) is 0 Å². The smallest absolute Gasteiger partial charge is 0.356 e. The lowest BCUT2D eigenvalue weighted by atomic mass is 9.95. The van der Waals surface area contributed by atoms with E-state index >= 15 is 0 Å². The van der Waals surface area contributed by atoms with E-state index in [2.05, 4.69) is 34.8 Å². The van der Waals surface area contributed by atoms with Crippen molar-refractivity contribution in [1.29, 1.82) is 0 Å². The monoisotopic (exact) mass is 414 g/mol. The van der Waals surface area contributed by atoms with Crippen LogP contribution in [0, 0.1) is 0 Å². The van der Waals surface area contributed by atoms with Crippen LogP contribution >= 0.6 is 0 Å². The molecule has 5 heterocycles. The number of nitrogens with zero attached hydrogens (tertiary/aromatic N) is 7. The van der Waals surface area contributed by atoms with Crippen LogP contribution in [0.5, 0.6) is 0 Å². The number of piperidine rings is 1. The fourth-order valence-corrected chi connectivity index (χ4v) is 3.78. The number of nitrogens with one attached hydrogen (secondary N) is 1. The molecule has 11 heteroatoms. The summed E-state index contributed by atoms with van der Waals surface area (Å²) in [6, 6.07) is 1.81. The molecule has 0 saturated carbocycles. The number of hydrogen-bond donors (Lipinski definition) is 1. The molecule has 1 saturated heterocycles. The molecule has 0 aromatic carbocycles. The van der Waals surface area contributed by atoms with Gasteiger partial charge in [-0.05, 0) is 18.9 Å². The van der Waals surface area contributed by atoms with Crippen LogP contribution in [0.1, 0.15) is 30.1 Å². The van der Waals surface area contributed by atoms with E-state index in [0.717, 1.165) is 49.8 Å². The van der Waals surface area contributed by atoms with E-state index in [9.17, 15) is 13.2 Å². The number of hydrogen-bond acceptors (Lipinski definition) is 6. The maximum Gasteiger partial charge on any atom is 0.434 e. The molecule has 0 aliphatic carbocycles. The molecule has 30 heavy (non-hydrogen) atoms. The highest BCUT2D eigenvalue weighted by Crippen LogP contribution is 2.30. The minimum Gasteiger partial charge on any atom is -0.356 e. The fraction of sp³-hybridized carbons (Fsp3) is 0.316. The van der Waals surface area contributed by atoms with Crippen molar-refractivity contribution in [3.63, 3.8) is 0 Å². The fourth-order valence-electron chi connectivity index (χ4n) is 3.78. The highest BCUT2D eigenvalue weighted by atomic mass is 19.4. The van der Waals surface area contributed by atoms with Gasteiger partial charge in [0.1, 0.15) is 11.5 Å². The van der Waals surface area contributed by atoms with Gasteiger partial charge in [-0.15, -0.1) is 0 Å². The van der Waals surface area contributed by atoms with E-state index in [4.69, 9.17) is 0 Å². The minimum atomic E-state index is -4.55. The molecule has 5 rings (SSSR count). The number of aromatic amines is 1. The van der Waals surface area contributed by atoms with Gasteiger partial charge in [0, 0.05) is 43.3 Å². The summed E-state index contributed by atoms with van der Waals surface area (Å²) in [5.41, 5.74) is 0.762. The average molecular weight is 414 g/mol. The summed E-state index contributed by atoms with van der Waals surface area (Å²) in [5, 5.41) is 0. The van der Waals surface area contributed by atoms with E-state index in [0.29, 0.717) is 23.1 Å². The van der Waals surface area contributed by atoms with Gasteiger partial charge in [0.15, 0.2) is 17.2 Å². The van der Waals surface area contributed by atoms with Gasteiger partial charge in [-0.1, -0.05) is 0 Å². The van der Waals surface area contributed by atoms with E-state index in [-0.39, 0.29) is 0 Å². The Labute approximate surface area is 168 Å². The van der Waals surface area contributed by atoms with E-state index in [1.165, 1.54) is 10.6 Å². The van der Waals surface area contributed by atoms with Crippen LogP contribution < -0.4 is 4.90 Å². The Morgan fingerprint density at radius 3 is 2.80 bits per heavy atom. The zero-order valence-electron chi connectivity index (χ0n) is 15.7. The predicted molar refractivity (Wildman–Crippen MR) is 102 cm³/mol. The normalized spacial score (nSPS) is 17.6. The van der Waals surface area contributed by atoms with Gasteiger partial charge in [-0.2, -0.15) is 13.2 Å². The second-order valence-corrected chi connectivity index (χ2v) is 7.17. The molecule has 0 radical (unpaired) electrons. The van der Waals surface area contributed by atoms with Crippen molar-refractivity contribution in [2.24, 2.45) is 0 Å². The Hall–Kier alpha value is -3.50. The zero-order valence-corrected chi connectivity index (χ0v) is 15.7. The van der Waals surface area contributed by atoms with Crippen molar-refractivity contribution in [3.05, 3.63) is 54.8 Å². The van der Waals surface area contributed by atoms with Gasteiger partial charge in [0.25, 0.3) is 0 Å². The molecule has 1 fully saturated rings. The molecular formula is C19H17F3N8. The highest BCUT2D eigenvalue weighted by Gasteiger charge is 2.33. The Kier molecular flexibility index (Phi) is 4.37. The number of imidazole rings is 2. The molecule has 0 spiro atoms. The quantitative estimate of drug-likeness (QED) is 0.553. The topological polar surface area (TPSA) is 87.9 Å². The molecule has 4 aromatic rings. The second kappa shape index (κ2) is 7.08. The van der Waals surface area contributed by atoms with Crippen molar-refractivity contribution < 1.29 is 13.2 Å². The molecule has 0 unspecified atom stereocenters. The van der Waals surface area contributed by atoms with Crippen LogP contribution in [-0.2, 0) is 6.18 Å². The van der Waals surface area contributed by atoms with Gasteiger partial charge in [-0.3, -0.25) is 4.40 Å².